The predicted octanol–water partition coefficient (Wildman–Crippen LogP) is 1.67. The van der Waals surface area contributed by atoms with Crippen molar-refractivity contribution in [2.45, 2.75) is 32.4 Å². The molecule has 0 aromatic carbocycles. The van der Waals surface area contributed by atoms with Gasteiger partial charge in [-0.15, -0.1) is 11.3 Å². The maximum absolute atomic E-state index is 11.3. The summed E-state index contributed by atoms with van der Waals surface area (Å²) in [4.78, 5) is 35.3. The molecule has 2 aliphatic heterocycles. The normalized spacial score (nSPS) is 18.0. The van der Waals surface area contributed by atoms with Crippen molar-refractivity contribution in [2.24, 2.45) is 0 Å². The van der Waals surface area contributed by atoms with Crippen LogP contribution >= 0.6 is 11.3 Å². The van der Waals surface area contributed by atoms with Gasteiger partial charge in [0.1, 0.15) is 0 Å². The summed E-state index contributed by atoms with van der Waals surface area (Å²) in [7, 11) is 0. The van der Waals surface area contributed by atoms with Crippen molar-refractivity contribution in [3.8, 4) is 11.4 Å². The lowest BCUT2D eigenvalue weighted by Gasteiger charge is -2.31. The molecule has 2 fully saturated rings. The number of aromatic nitrogens is 4. The number of hydrogen-bond donors (Lipinski definition) is 2. The summed E-state index contributed by atoms with van der Waals surface area (Å²) in [5.74, 6) is 1.82. The molecule has 5 rings (SSSR count). The Labute approximate surface area is 196 Å². The fourth-order valence-corrected chi connectivity index (χ4v) is 5.51. The van der Waals surface area contributed by atoms with Crippen LogP contribution in [0.25, 0.3) is 21.6 Å². The molecule has 33 heavy (non-hydrogen) atoms. The molecule has 0 atom stereocenters. The van der Waals surface area contributed by atoms with Crippen molar-refractivity contribution in [1.29, 1.82) is 0 Å². The Balaban J connectivity index is 1.42. The van der Waals surface area contributed by atoms with Gasteiger partial charge in [0.25, 0.3) is 0 Å². The number of piperidine rings is 1. The molecule has 0 spiro atoms. The minimum atomic E-state index is 0.0504. The van der Waals surface area contributed by atoms with E-state index in [2.05, 4.69) is 31.2 Å². The van der Waals surface area contributed by atoms with Crippen LogP contribution in [-0.2, 0) is 16.1 Å². The van der Waals surface area contributed by atoms with Crippen molar-refractivity contribution in [3.05, 3.63) is 23.3 Å². The number of fused-ring (bicyclic) bond motifs is 1. The van der Waals surface area contributed by atoms with Crippen LogP contribution in [-0.4, -0.2) is 76.2 Å². The van der Waals surface area contributed by atoms with E-state index in [-0.39, 0.29) is 17.9 Å². The Morgan fingerprint density at radius 3 is 2.61 bits per heavy atom. The number of nitrogens with two attached hydrogens (primary N) is 1. The lowest BCUT2D eigenvalue weighted by Crippen LogP contribution is -2.43. The number of morpholine rings is 1. The predicted molar refractivity (Wildman–Crippen MR) is 128 cm³/mol. The van der Waals surface area contributed by atoms with Crippen molar-refractivity contribution >= 4 is 39.2 Å². The van der Waals surface area contributed by atoms with Crippen molar-refractivity contribution in [1.82, 2.24) is 30.2 Å². The second kappa shape index (κ2) is 9.54. The number of nitrogen functional groups attached to an aromatic ring is 1. The largest absolute Gasteiger partial charge is 0.378 e. The molecular weight excluding hydrogens is 440 g/mol. The number of likely N-dealkylation sites (tertiary alicyclic amines) is 1. The average molecular weight is 469 g/mol. The highest BCUT2D eigenvalue weighted by molar-refractivity contribution is 7.19. The molecule has 11 heteroatoms. The van der Waals surface area contributed by atoms with Crippen LogP contribution in [0.4, 0.5) is 11.8 Å². The molecule has 0 saturated carbocycles. The Morgan fingerprint density at radius 2 is 1.91 bits per heavy atom. The molecule has 0 unspecified atom stereocenters. The molecule has 0 radical (unpaired) electrons. The summed E-state index contributed by atoms with van der Waals surface area (Å²) in [6, 6.07) is 2.46. The lowest BCUT2D eigenvalue weighted by atomic mass is 10.1. The first-order valence-electron chi connectivity index (χ1n) is 11.3. The number of thiophene rings is 1. The summed E-state index contributed by atoms with van der Waals surface area (Å²) in [6.07, 6.45) is 5.29. The van der Waals surface area contributed by atoms with Gasteiger partial charge >= 0.3 is 0 Å². The van der Waals surface area contributed by atoms with E-state index in [0.29, 0.717) is 19.0 Å². The Kier molecular flexibility index (Phi) is 6.34. The first kappa shape index (κ1) is 21.9. The number of rotatable bonds is 5. The summed E-state index contributed by atoms with van der Waals surface area (Å²) >= 11 is 1.76. The van der Waals surface area contributed by atoms with Crippen LogP contribution in [0.15, 0.2) is 18.5 Å². The number of nitrogens with one attached hydrogen (secondary N) is 1. The number of nitrogens with zero attached hydrogens (tertiary/aromatic N) is 6. The molecule has 2 saturated heterocycles. The number of hydrogen-bond acceptors (Lipinski definition) is 10. The quantitative estimate of drug-likeness (QED) is 0.575. The molecule has 3 aromatic rings. The average Bonchev–Trinajstić information content (AvgIpc) is 3.23. The zero-order chi connectivity index (χ0) is 22.8. The first-order valence-corrected chi connectivity index (χ1v) is 12.1. The standard InChI is InChI=1S/C22H28N8O2S/c1-14(31)26-16-2-4-29(5-3-16)13-17-10-18-19(33-17)21(30-6-8-32-9-7-30)28-20(27-18)15-11-24-22(23)25-12-15/h10-12,16H,2-9,13H2,1H3,(H,26,31)(H2,23,24,25). The molecule has 2 aliphatic rings. The van der Waals surface area contributed by atoms with Gasteiger partial charge in [0.05, 0.1) is 29.0 Å². The second-order valence-corrected chi connectivity index (χ2v) is 9.61. The summed E-state index contributed by atoms with van der Waals surface area (Å²) in [6.45, 7) is 7.37. The third kappa shape index (κ3) is 5.05. The van der Waals surface area contributed by atoms with Gasteiger partial charge in [-0.05, 0) is 18.9 Å². The van der Waals surface area contributed by atoms with Gasteiger partial charge < -0.3 is 20.7 Å². The van der Waals surface area contributed by atoms with Crippen LogP contribution in [0.3, 0.4) is 0 Å². The highest BCUT2D eigenvalue weighted by Gasteiger charge is 2.23. The van der Waals surface area contributed by atoms with Crippen LogP contribution < -0.4 is 16.0 Å². The van der Waals surface area contributed by atoms with E-state index in [1.165, 1.54) is 4.88 Å². The molecule has 0 bridgehead atoms. The van der Waals surface area contributed by atoms with Gasteiger partial charge in [-0.25, -0.2) is 19.9 Å². The smallest absolute Gasteiger partial charge is 0.219 e. The van der Waals surface area contributed by atoms with Crippen LogP contribution in [0.1, 0.15) is 24.6 Å². The van der Waals surface area contributed by atoms with E-state index in [1.54, 1.807) is 30.7 Å². The van der Waals surface area contributed by atoms with Crippen molar-refractivity contribution in [2.75, 3.05) is 50.0 Å². The van der Waals surface area contributed by atoms with Gasteiger partial charge in [-0.1, -0.05) is 0 Å². The van der Waals surface area contributed by atoms with Crippen molar-refractivity contribution < 1.29 is 9.53 Å². The Morgan fingerprint density at radius 1 is 1.18 bits per heavy atom. The molecule has 3 aromatic heterocycles. The van der Waals surface area contributed by atoms with E-state index >= 15 is 0 Å². The fraction of sp³-hybridized carbons (Fsp3) is 0.500. The van der Waals surface area contributed by atoms with Gasteiger partial charge in [-0.2, -0.15) is 0 Å². The Bertz CT molecular complexity index is 1120. The maximum atomic E-state index is 11.3. The van der Waals surface area contributed by atoms with E-state index in [1.807, 2.05) is 0 Å². The Hall–Kier alpha value is -2.89. The van der Waals surface area contributed by atoms with E-state index in [9.17, 15) is 4.79 Å². The molecular formula is C22H28N8O2S. The summed E-state index contributed by atoms with van der Waals surface area (Å²) < 4.78 is 6.65. The molecule has 10 nitrogen and oxygen atoms in total. The molecule has 0 aliphatic carbocycles. The van der Waals surface area contributed by atoms with E-state index < -0.39 is 0 Å². The third-order valence-electron chi connectivity index (χ3n) is 6.02. The topological polar surface area (TPSA) is 122 Å². The van der Waals surface area contributed by atoms with E-state index in [4.69, 9.17) is 20.4 Å². The number of carbonyl (C=O) groups is 1. The zero-order valence-electron chi connectivity index (χ0n) is 18.7. The lowest BCUT2D eigenvalue weighted by molar-refractivity contribution is -0.119. The highest BCUT2D eigenvalue weighted by Crippen LogP contribution is 2.35. The van der Waals surface area contributed by atoms with Crippen LogP contribution in [0.2, 0.25) is 0 Å². The SMILES string of the molecule is CC(=O)NC1CCN(Cc2cc3nc(-c4cnc(N)nc4)nc(N4CCOCC4)c3s2)CC1. The van der Waals surface area contributed by atoms with Crippen molar-refractivity contribution in [3.63, 3.8) is 0 Å². The minimum absolute atomic E-state index is 0.0504. The summed E-state index contributed by atoms with van der Waals surface area (Å²) in [5.41, 5.74) is 7.34. The molecule has 174 valence electrons. The number of amides is 1. The number of carbonyl (C=O) groups excluding carboxylic acids is 1. The number of ether oxygens (including phenoxy) is 1. The maximum Gasteiger partial charge on any atom is 0.219 e. The van der Waals surface area contributed by atoms with E-state index in [0.717, 1.165) is 67.2 Å². The summed E-state index contributed by atoms with van der Waals surface area (Å²) in [5, 5.41) is 3.04. The number of anilines is 2. The minimum Gasteiger partial charge on any atom is -0.378 e. The van der Waals surface area contributed by atoms with Crippen LogP contribution in [0, 0.1) is 0 Å². The molecule has 3 N–H and O–H groups in total. The second-order valence-electron chi connectivity index (χ2n) is 8.48. The monoisotopic (exact) mass is 468 g/mol. The highest BCUT2D eigenvalue weighted by atomic mass is 32.1. The van der Waals surface area contributed by atoms with Gasteiger partial charge in [-0.3, -0.25) is 9.69 Å². The van der Waals surface area contributed by atoms with Gasteiger partial charge in [0.15, 0.2) is 11.6 Å². The van der Waals surface area contributed by atoms with Crippen LogP contribution in [0.5, 0.6) is 0 Å². The molecule has 5 heterocycles. The first-order chi connectivity index (χ1) is 16.0. The third-order valence-corrected chi connectivity index (χ3v) is 7.12. The van der Waals surface area contributed by atoms with Gasteiger partial charge in [0, 0.05) is 63.0 Å². The van der Waals surface area contributed by atoms with Gasteiger partial charge in [0.2, 0.25) is 11.9 Å². The fourth-order valence-electron chi connectivity index (χ4n) is 4.36. The molecule has 1 amide bonds. The zero-order valence-corrected chi connectivity index (χ0v) is 19.5.